The molecule has 6 heteroatoms. The highest BCUT2D eigenvalue weighted by Crippen LogP contribution is 2.33. The largest absolute Gasteiger partial charge is 0.418 e. The Hall–Kier alpha value is -1.82. The summed E-state index contributed by atoms with van der Waals surface area (Å²) in [5.41, 5.74) is 0.172. The molecule has 96 valence electrons. The Labute approximate surface area is 102 Å². The van der Waals surface area contributed by atoms with Gasteiger partial charge in [-0.25, -0.2) is 4.68 Å². The monoisotopic (exact) mass is 255 g/mol. The van der Waals surface area contributed by atoms with Crippen LogP contribution in [0, 0.1) is 0 Å². The molecule has 0 aliphatic carbocycles. The van der Waals surface area contributed by atoms with Crippen LogP contribution in [0.1, 0.15) is 11.1 Å². The third-order valence-corrected chi connectivity index (χ3v) is 2.47. The summed E-state index contributed by atoms with van der Waals surface area (Å²) in [6.45, 7) is 0.564. The Morgan fingerprint density at radius 2 is 2.00 bits per heavy atom. The van der Waals surface area contributed by atoms with Gasteiger partial charge in [-0.1, -0.05) is 12.1 Å². The molecule has 18 heavy (non-hydrogen) atoms. The van der Waals surface area contributed by atoms with E-state index in [9.17, 15) is 13.2 Å². The summed E-state index contributed by atoms with van der Waals surface area (Å²) in [5, 5.41) is 6.87. The predicted octanol–water partition coefficient (Wildman–Crippen LogP) is 2.61. The Morgan fingerprint density at radius 3 is 2.67 bits per heavy atom. The Bertz CT molecular complexity index is 531. The summed E-state index contributed by atoms with van der Waals surface area (Å²) >= 11 is 0. The number of hydrogen-bond donors (Lipinski definition) is 1. The van der Waals surface area contributed by atoms with Crippen LogP contribution >= 0.6 is 0 Å². The van der Waals surface area contributed by atoms with Crippen LogP contribution in [0.15, 0.2) is 36.7 Å². The quantitative estimate of drug-likeness (QED) is 0.913. The summed E-state index contributed by atoms with van der Waals surface area (Å²) in [6, 6.07) is 5.38. The molecule has 3 nitrogen and oxygen atoms in total. The Balaban J connectivity index is 2.43. The van der Waals surface area contributed by atoms with Gasteiger partial charge in [0.25, 0.3) is 0 Å². The molecule has 2 aromatic rings. The maximum absolute atomic E-state index is 12.8. The SMILES string of the molecule is CNCc1cnn(-c2ccccc2C(F)(F)F)c1. The first kappa shape index (κ1) is 12.6. The van der Waals surface area contributed by atoms with E-state index < -0.39 is 11.7 Å². The second-order valence-corrected chi connectivity index (χ2v) is 3.84. The highest BCUT2D eigenvalue weighted by Gasteiger charge is 2.33. The second kappa shape index (κ2) is 4.81. The zero-order chi connectivity index (χ0) is 13.2. The molecule has 0 bridgehead atoms. The molecule has 0 saturated heterocycles. The molecule has 0 amide bonds. The molecule has 1 aromatic carbocycles. The Kier molecular flexibility index (Phi) is 3.38. The first-order chi connectivity index (χ1) is 8.52. The molecule has 0 aliphatic heterocycles. The summed E-state index contributed by atoms with van der Waals surface area (Å²) in [4.78, 5) is 0. The minimum absolute atomic E-state index is 0.0346. The van der Waals surface area contributed by atoms with Crippen LogP contribution in [-0.2, 0) is 12.7 Å². The molecule has 2 rings (SSSR count). The van der Waals surface area contributed by atoms with E-state index in [0.29, 0.717) is 6.54 Å². The number of halogens is 3. The predicted molar refractivity (Wildman–Crippen MR) is 61.3 cm³/mol. The van der Waals surface area contributed by atoms with E-state index >= 15 is 0 Å². The smallest absolute Gasteiger partial charge is 0.316 e. The number of benzene rings is 1. The van der Waals surface area contributed by atoms with E-state index in [1.54, 1.807) is 25.5 Å². The van der Waals surface area contributed by atoms with Gasteiger partial charge < -0.3 is 5.32 Å². The van der Waals surface area contributed by atoms with Crippen molar-refractivity contribution in [2.45, 2.75) is 12.7 Å². The molecule has 0 atom stereocenters. The number of alkyl halides is 3. The number of nitrogens with one attached hydrogen (secondary N) is 1. The van der Waals surface area contributed by atoms with Crippen LogP contribution in [-0.4, -0.2) is 16.8 Å². The van der Waals surface area contributed by atoms with Crippen molar-refractivity contribution in [3.05, 3.63) is 47.8 Å². The topological polar surface area (TPSA) is 29.9 Å². The molecule has 0 radical (unpaired) electrons. The van der Waals surface area contributed by atoms with E-state index in [1.165, 1.54) is 16.8 Å². The lowest BCUT2D eigenvalue weighted by Gasteiger charge is -2.12. The third kappa shape index (κ3) is 2.53. The van der Waals surface area contributed by atoms with Crippen molar-refractivity contribution in [3.8, 4) is 5.69 Å². The molecule has 1 N–H and O–H groups in total. The van der Waals surface area contributed by atoms with Gasteiger partial charge in [0.2, 0.25) is 0 Å². The van der Waals surface area contributed by atoms with E-state index in [0.717, 1.165) is 11.6 Å². The molecule has 0 saturated carbocycles. The second-order valence-electron chi connectivity index (χ2n) is 3.84. The molecule has 0 aliphatic rings. The van der Waals surface area contributed by atoms with E-state index in [4.69, 9.17) is 0 Å². The Morgan fingerprint density at radius 1 is 1.28 bits per heavy atom. The van der Waals surface area contributed by atoms with Crippen LogP contribution in [0.3, 0.4) is 0 Å². The molecule has 0 fully saturated rings. The zero-order valence-corrected chi connectivity index (χ0v) is 9.70. The van der Waals surface area contributed by atoms with Crippen molar-refractivity contribution < 1.29 is 13.2 Å². The van der Waals surface area contributed by atoms with Crippen LogP contribution in [0.2, 0.25) is 0 Å². The molecular weight excluding hydrogens is 243 g/mol. The van der Waals surface area contributed by atoms with Gasteiger partial charge in [-0.15, -0.1) is 0 Å². The molecule has 1 heterocycles. The number of aromatic nitrogens is 2. The lowest BCUT2D eigenvalue weighted by molar-refractivity contribution is -0.137. The number of rotatable bonds is 3. The van der Waals surface area contributed by atoms with Gasteiger partial charge in [0.15, 0.2) is 0 Å². The van der Waals surface area contributed by atoms with E-state index in [2.05, 4.69) is 10.4 Å². The van der Waals surface area contributed by atoms with Crippen LogP contribution < -0.4 is 5.32 Å². The van der Waals surface area contributed by atoms with Gasteiger partial charge in [0.05, 0.1) is 17.4 Å². The van der Waals surface area contributed by atoms with Crippen LogP contribution in [0.25, 0.3) is 5.69 Å². The summed E-state index contributed by atoms with van der Waals surface area (Å²) < 4.78 is 39.8. The first-order valence-electron chi connectivity index (χ1n) is 5.37. The molecule has 1 aromatic heterocycles. The fraction of sp³-hybridized carbons (Fsp3) is 0.250. The standard InChI is InChI=1S/C12H12F3N3/c1-16-6-9-7-17-18(8-9)11-5-3-2-4-10(11)12(13,14)15/h2-5,7-8,16H,6H2,1H3. The first-order valence-corrected chi connectivity index (χ1v) is 5.37. The fourth-order valence-electron chi connectivity index (χ4n) is 1.70. The van der Waals surface area contributed by atoms with Crippen LogP contribution in [0.4, 0.5) is 13.2 Å². The number of hydrogen-bond acceptors (Lipinski definition) is 2. The minimum Gasteiger partial charge on any atom is -0.316 e. The summed E-state index contributed by atoms with van der Waals surface area (Å²) in [5.74, 6) is 0. The lowest BCUT2D eigenvalue weighted by atomic mass is 10.1. The van der Waals surface area contributed by atoms with Gasteiger partial charge in [-0.2, -0.15) is 18.3 Å². The van der Waals surface area contributed by atoms with Gasteiger partial charge in [0.1, 0.15) is 0 Å². The lowest BCUT2D eigenvalue weighted by Crippen LogP contribution is -2.11. The summed E-state index contributed by atoms with van der Waals surface area (Å²) in [6.07, 6.45) is -1.25. The van der Waals surface area contributed by atoms with Gasteiger partial charge in [-0.3, -0.25) is 0 Å². The number of para-hydroxylation sites is 1. The average Bonchev–Trinajstić information content (AvgIpc) is 2.77. The van der Waals surface area contributed by atoms with Crippen molar-refractivity contribution in [3.63, 3.8) is 0 Å². The molecule has 0 spiro atoms. The van der Waals surface area contributed by atoms with Crippen molar-refractivity contribution in [2.75, 3.05) is 7.05 Å². The zero-order valence-electron chi connectivity index (χ0n) is 9.70. The molecular formula is C12H12F3N3. The maximum Gasteiger partial charge on any atom is 0.418 e. The normalized spacial score (nSPS) is 11.8. The van der Waals surface area contributed by atoms with E-state index in [1.807, 2.05) is 0 Å². The highest BCUT2D eigenvalue weighted by molar-refractivity contribution is 5.42. The van der Waals surface area contributed by atoms with Crippen molar-refractivity contribution in [1.29, 1.82) is 0 Å². The van der Waals surface area contributed by atoms with Crippen molar-refractivity contribution in [1.82, 2.24) is 15.1 Å². The minimum atomic E-state index is -4.38. The van der Waals surface area contributed by atoms with Gasteiger partial charge >= 0.3 is 6.18 Å². The van der Waals surface area contributed by atoms with Crippen molar-refractivity contribution in [2.24, 2.45) is 0 Å². The van der Waals surface area contributed by atoms with Crippen LogP contribution in [0.5, 0.6) is 0 Å². The third-order valence-electron chi connectivity index (χ3n) is 2.47. The average molecular weight is 255 g/mol. The van der Waals surface area contributed by atoms with Crippen molar-refractivity contribution >= 4 is 0 Å². The van der Waals surface area contributed by atoms with E-state index in [-0.39, 0.29) is 5.69 Å². The molecule has 0 unspecified atom stereocenters. The van der Waals surface area contributed by atoms with Gasteiger partial charge in [0, 0.05) is 18.3 Å². The summed E-state index contributed by atoms with van der Waals surface area (Å²) in [7, 11) is 1.76. The number of nitrogens with zero attached hydrogens (tertiary/aromatic N) is 2. The van der Waals surface area contributed by atoms with Gasteiger partial charge in [-0.05, 0) is 19.2 Å². The highest BCUT2D eigenvalue weighted by atomic mass is 19.4. The maximum atomic E-state index is 12.8. The fourth-order valence-corrected chi connectivity index (χ4v) is 1.70.